The number of fused-ring (bicyclic) bond motifs is 1. The molecule has 0 aliphatic carbocycles. The molecule has 2 nitrogen and oxygen atoms in total. The molecule has 0 amide bonds. The molecule has 90 valence electrons. The van der Waals surface area contributed by atoms with Crippen molar-refractivity contribution in [3.63, 3.8) is 0 Å². The highest BCUT2D eigenvalue weighted by Crippen LogP contribution is 2.25. The number of para-hydroxylation sites is 1. The lowest BCUT2D eigenvalue weighted by molar-refractivity contribution is 0.646. The van der Waals surface area contributed by atoms with E-state index in [1.54, 1.807) is 0 Å². The molecule has 1 atom stereocenters. The first kappa shape index (κ1) is 11.3. The van der Waals surface area contributed by atoms with Gasteiger partial charge in [-0.3, -0.25) is 0 Å². The van der Waals surface area contributed by atoms with Gasteiger partial charge in [0.15, 0.2) is 0 Å². The van der Waals surface area contributed by atoms with E-state index in [4.69, 9.17) is 4.52 Å². The Labute approximate surface area is 108 Å². The van der Waals surface area contributed by atoms with Crippen LogP contribution in [0.3, 0.4) is 0 Å². The van der Waals surface area contributed by atoms with Gasteiger partial charge in [0.2, 0.25) is 0 Å². The molecule has 0 bridgehead atoms. The van der Waals surface area contributed by atoms with Crippen LogP contribution in [0.15, 0.2) is 54.6 Å². The molecular formula is C15H14NOP. The second-order valence-electron chi connectivity index (χ2n) is 4.29. The SMILES string of the molecule is Cc1cc2ccccc2n1-c1ccc(OP)cc1. The first-order valence-corrected chi connectivity index (χ1v) is 6.31. The number of benzene rings is 2. The van der Waals surface area contributed by atoms with Gasteiger partial charge in [0.25, 0.3) is 0 Å². The van der Waals surface area contributed by atoms with E-state index in [-0.39, 0.29) is 0 Å². The lowest BCUT2D eigenvalue weighted by atomic mass is 10.2. The van der Waals surface area contributed by atoms with Crippen LogP contribution in [-0.4, -0.2) is 4.57 Å². The third-order valence-electron chi connectivity index (χ3n) is 3.13. The van der Waals surface area contributed by atoms with Crippen LogP contribution in [-0.2, 0) is 0 Å². The molecule has 0 spiro atoms. The van der Waals surface area contributed by atoms with E-state index < -0.39 is 0 Å². The van der Waals surface area contributed by atoms with Crippen molar-refractivity contribution in [1.29, 1.82) is 0 Å². The van der Waals surface area contributed by atoms with Gasteiger partial charge in [0.05, 0.1) is 15.0 Å². The minimum Gasteiger partial charge on any atom is -0.480 e. The molecule has 0 saturated carbocycles. The van der Waals surface area contributed by atoms with Crippen LogP contribution < -0.4 is 4.52 Å². The predicted molar refractivity (Wildman–Crippen MR) is 78.4 cm³/mol. The largest absolute Gasteiger partial charge is 0.480 e. The van der Waals surface area contributed by atoms with Crippen molar-refractivity contribution in [2.24, 2.45) is 0 Å². The quantitative estimate of drug-likeness (QED) is 0.628. The molecule has 0 aliphatic heterocycles. The van der Waals surface area contributed by atoms with Gasteiger partial charge in [-0.1, -0.05) is 18.2 Å². The summed E-state index contributed by atoms with van der Waals surface area (Å²) < 4.78 is 7.36. The average Bonchev–Trinajstić information content (AvgIpc) is 2.75. The van der Waals surface area contributed by atoms with Crippen LogP contribution in [0, 0.1) is 6.92 Å². The molecule has 1 aromatic heterocycles. The first-order valence-electron chi connectivity index (χ1n) is 5.84. The number of hydrogen-bond acceptors (Lipinski definition) is 1. The zero-order valence-electron chi connectivity index (χ0n) is 10.1. The van der Waals surface area contributed by atoms with Crippen LogP contribution in [0.2, 0.25) is 0 Å². The van der Waals surface area contributed by atoms with Crippen molar-refractivity contribution in [2.45, 2.75) is 6.92 Å². The van der Waals surface area contributed by atoms with E-state index in [2.05, 4.69) is 63.4 Å². The summed E-state index contributed by atoms with van der Waals surface area (Å²) in [5.41, 5.74) is 3.62. The maximum Gasteiger partial charge on any atom is 0.122 e. The highest BCUT2D eigenvalue weighted by Gasteiger charge is 2.06. The maximum atomic E-state index is 5.11. The van der Waals surface area contributed by atoms with E-state index in [9.17, 15) is 0 Å². The summed E-state index contributed by atoms with van der Waals surface area (Å²) in [4.78, 5) is 0. The summed E-state index contributed by atoms with van der Waals surface area (Å²) in [6.07, 6.45) is 0. The zero-order valence-corrected chi connectivity index (χ0v) is 11.3. The standard InChI is InChI=1S/C15H14NOP/c1-11-10-12-4-2-3-5-15(12)16(11)13-6-8-14(17-18)9-7-13/h2-10H,18H2,1H3. The Morgan fingerprint density at radius 1 is 1.00 bits per heavy atom. The molecule has 18 heavy (non-hydrogen) atoms. The Kier molecular flexibility index (Phi) is 2.81. The highest BCUT2D eigenvalue weighted by atomic mass is 31.0. The van der Waals surface area contributed by atoms with Crippen LogP contribution in [0.5, 0.6) is 5.75 Å². The van der Waals surface area contributed by atoms with E-state index in [1.807, 2.05) is 12.1 Å². The third kappa shape index (κ3) is 1.79. The second-order valence-corrected chi connectivity index (χ2v) is 4.53. The smallest absolute Gasteiger partial charge is 0.122 e. The molecule has 3 rings (SSSR count). The van der Waals surface area contributed by atoms with Gasteiger partial charge in [-0.15, -0.1) is 0 Å². The minimum atomic E-state index is 0.845. The molecule has 0 aliphatic rings. The summed E-state index contributed by atoms with van der Waals surface area (Å²) >= 11 is 0. The van der Waals surface area contributed by atoms with Crippen molar-refractivity contribution in [2.75, 3.05) is 0 Å². The van der Waals surface area contributed by atoms with Crippen molar-refractivity contribution >= 4 is 20.4 Å². The number of nitrogens with zero attached hydrogens (tertiary/aromatic N) is 1. The zero-order chi connectivity index (χ0) is 12.5. The Bertz CT molecular complexity index is 685. The average molecular weight is 255 g/mol. The molecule has 1 heterocycles. The monoisotopic (exact) mass is 255 g/mol. The Balaban J connectivity index is 2.20. The van der Waals surface area contributed by atoms with Gasteiger partial charge in [-0.05, 0) is 43.3 Å². The van der Waals surface area contributed by atoms with Gasteiger partial charge >= 0.3 is 0 Å². The lowest BCUT2D eigenvalue weighted by Crippen LogP contribution is -1.95. The third-order valence-corrected chi connectivity index (χ3v) is 3.40. The topological polar surface area (TPSA) is 14.2 Å². The summed E-state index contributed by atoms with van der Waals surface area (Å²) in [5, 5.41) is 1.27. The molecule has 2 aromatic carbocycles. The van der Waals surface area contributed by atoms with Crippen molar-refractivity contribution < 1.29 is 4.52 Å². The second kappa shape index (κ2) is 4.47. The fraction of sp³-hybridized carbons (Fsp3) is 0.0667. The summed E-state index contributed by atoms with van der Waals surface area (Å²) in [6.45, 7) is 2.13. The Morgan fingerprint density at radius 2 is 1.72 bits per heavy atom. The molecule has 0 radical (unpaired) electrons. The van der Waals surface area contributed by atoms with Gasteiger partial charge in [0.1, 0.15) is 5.75 Å². The van der Waals surface area contributed by atoms with E-state index in [0.717, 1.165) is 11.4 Å². The van der Waals surface area contributed by atoms with Gasteiger partial charge in [-0.2, -0.15) is 0 Å². The highest BCUT2D eigenvalue weighted by molar-refractivity contribution is 7.10. The molecule has 0 fully saturated rings. The van der Waals surface area contributed by atoms with Gasteiger partial charge in [0, 0.05) is 16.8 Å². The van der Waals surface area contributed by atoms with Crippen LogP contribution in [0.4, 0.5) is 0 Å². The predicted octanol–water partition coefficient (Wildman–Crippen LogP) is 4.11. The lowest BCUT2D eigenvalue weighted by Gasteiger charge is -2.09. The molecule has 0 saturated heterocycles. The fourth-order valence-corrected chi connectivity index (χ4v) is 2.47. The molecular weight excluding hydrogens is 241 g/mol. The normalized spacial score (nSPS) is 10.8. The Morgan fingerprint density at radius 3 is 2.44 bits per heavy atom. The summed E-state index contributed by atoms with van der Waals surface area (Å²) in [6, 6.07) is 18.7. The van der Waals surface area contributed by atoms with Crippen LogP contribution >= 0.6 is 9.47 Å². The summed E-state index contributed by atoms with van der Waals surface area (Å²) in [5.74, 6) is 0.845. The summed E-state index contributed by atoms with van der Waals surface area (Å²) in [7, 11) is 2.26. The fourth-order valence-electron chi connectivity index (χ4n) is 2.31. The molecule has 3 heteroatoms. The van der Waals surface area contributed by atoms with Crippen molar-refractivity contribution in [3.05, 3.63) is 60.3 Å². The van der Waals surface area contributed by atoms with Crippen molar-refractivity contribution in [3.8, 4) is 11.4 Å². The minimum absolute atomic E-state index is 0.845. The molecule has 1 unspecified atom stereocenters. The van der Waals surface area contributed by atoms with Gasteiger partial charge < -0.3 is 9.09 Å². The number of hydrogen-bond donors (Lipinski definition) is 0. The molecule has 3 aromatic rings. The number of rotatable bonds is 2. The van der Waals surface area contributed by atoms with Crippen LogP contribution in [0.1, 0.15) is 5.69 Å². The van der Waals surface area contributed by atoms with Crippen molar-refractivity contribution in [1.82, 2.24) is 4.57 Å². The van der Waals surface area contributed by atoms with E-state index in [0.29, 0.717) is 0 Å². The Hall–Kier alpha value is -1.79. The first-order chi connectivity index (χ1) is 8.79. The number of aryl methyl sites for hydroxylation is 1. The number of aromatic nitrogens is 1. The van der Waals surface area contributed by atoms with E-state index in [1.165, 1.54) is 16.6 Å². The van der Waals surface area contributed by atoms with Gasteiger partial charge in [-0.25, -0.2) is 0 Å². The molecule has 0 N–H and O–H groups in total. The van der Waals surface area contributed by atoms with E-state index >= 15 is 0 Å². The maximum absolute atomic E-state index is 5.11. The van der Waals surface area contributed by atoms with Crippen LogP contribution in [0.25, 0.3) is 16.6 Å².